The number of benzene rings is 2. The SMILES string of the molecule is O=C(O)[C@@H]1C2CCC(CC2(F)F)N1C(=O)OCC1c2ccccc2-c2ccccc21. The molecule has 0 aromatic heterocycles. The highest BCUT2D eigenvalue weighted by Crippen LogP contribution is 2.49. The lowest BCUT2D eigenvalue weighted by Crippen LogP contribution is -2.66. The fraction of sp³-hybridized carbons (Fsp3) is 0.391. The Morgan fingerprint density at radius 1 is 1.03 bits per heavy atom. The van der Waals surface area contributed by atoms with Crippen molar-refractivity contribution in [1.82, 2.24) is 4.90 Å². The van der Waals surface area contributed by atoms with Crippen molar-refractivity contribution >= 4 is 12.1 Å². The van der Waals surface area contributed by atoms with Crippen LogP contribution in [0.2, 0.25) is 0 Å². The smallest absolute Gasteiger partial charge is 0.410 e. The average Bonchev–Trinajstić information content (AvgIpc) is 3.05. The molecule has 3 atom stereocenters. The molecule has 4 aliphatic rings. The van der Waals surface area contributed by atoms with E-state index in [2.05, 4.69) is 0 Å². The molecule has 0 radical (unpaired) electrons. The molecule has 2 bridgehead atoms. The number of hydrogen-bond donors (Lipinski definition) is 1. The van der Waals surface area contributed by atoms with Gasteiger partial charge in [-0.25, -0.2) is 18.4 Å². The molecule has 1 N–H and O–H groups in total. The maximum absolute atomic E-state index is 14.3. The number of piperidine rings is 2. The van der Waals surface area contributed by atoms with Crippen LogP contribution in [0.25, 0.3) is 11.1 Å². The molecule has 2 unspecified atom stereocenters. The Bertz CT molecular complexity index is 978. The van der Waals surface area contributed by atoms with Gasteiger partial charge in [0.1, 0.15) is 12.6 Å². The van der Waals surface area contributed by atoms with Gasteiger partial charge in [-0.2, -0.15) is 0 Å². The summed E-state index contributed by atoms with van der Waals surface area (Å²) in [4.78, 5) is 25.7. The summed E-state index contributed by atoms with van der Waals surface area (Å²) in [6, 6.07) is 13.4. The quantitative estimate of drug-likeness (QED) is 0.804. The third kappa shape index (κ3) is 2.79. The number of hydrogen-bond acceptors (Lipinski definition) is 3. The minimum Gasteiger partial charge on any atom is -0.480 e. The van der Waals surface area contributed by atoms with Crippen molar-refractivity contribution in [3.05, 3.63) is 59.7 Å². The van der Waals surface area contributed by atoms with Crippen LogP contribution in [-0.2, 0) is 9.53 Å². The molecule has 2 aliphatic heterocycles. The van der Waals surface area contributed by atoms with E-state index in [4.69, 9.17) is 4.74 Å². The minimum absolute atomic E-state index is 0.0312. The molecule has 1 amide bonds. The van der Waals surface area contributed by atoms with Crippen LogP contribution >= 0.6 is 0 Å². The molecular formula is C23H21F2NO4. The second-order valence-corrected chi connectivity index (χ2v) is 8.30. The third-order valence-electron chi connectivity index (χ3n) is 6.74. The Kier molecular flexibility index (Phi) is 4.31. The zero-order valence-electron chi connectivity index (χ0n) is 16.1. The predicted octanol–water partition coefficient (Wildman–Crippen LogP) is 4.51. The lowest BCUT2D eigenvalue weighted by atomic mass is 9.72. The Hall–Kier alpha value is -2.96. The molecule has 2 aromatic carbocycles. The summed E-state index contributed by atoms with van der Waals surface area (Å²) in [7, 11) is 0. The lowest BCUT2D eigenvalue weighted by molar-refractivity contribution is -0.191. The van der Waals surface area contributed by atoms with Crippen LogP contribution in [0.5, 0.6) is 0 Å². The Balaban J connectivity index is 1.39. The molecule has 30 heavy (non-hydrogen) atoms. The number of fused-ring (bicyclic) bond motifs is 6. The molecule has 2 aliphatic carbocycles. The summed E-state index contributed by atoms with van der Waals surface area (Å²) in [6.45, 7) is 0.0312. The van der Waals surface area contributed by atoms with E-state index >= 15 is 0 Å². The van der Waals surface area contributed by atoms with E-state index in [0.29, 0.717) is 6.42 Å². The summed E-state index contributed by atoms with van der Waals surface area (Å²) in [6.07, 6.45) is -0.865. The van der Waals surface area contributed by atoms with Crippen LogP contribution in [0, 0.1) is 5.92 Å². The van der Waals surface area contributed by atoms with Crippen molar-refractivity contribution in [2.45, 2.75) is 43.2 Å². The largest absolute Gasteiger partial charge is 0.480 e. The number of rotatable bonds is 3. The van der Waals surface area contributed by atoms with Gasteiger partial charge in [-0.3, -0.25) is 4.90 Å². The first-order valence-electron chi connectivity index (χ1n) is 10.1. The summed E-state index contributed by atoms with van der Waals surface area (Å²) >= 11 is 0. The van der Waals surface area contributed by atoms with E-state index in [-0.39, 0.29) is 18.9 Å². The number of carboxylic acids is 1. The van der Waals surface area contributed by atoms with Crippen molar-refractivity contribution < 1.29 is 28.2 Å². The zero-order chi connectivity index (χ0) is 21.0. The summed E-state index contributed by atoms with van der Waals surface area (Å²) < 4.78 is 34.1. The fourth-order valence-corrected chi connectivity index (χ4v) is 5.42. The van der Waals surface area contributed by atoms with Gasteiger partial charge in [0.05, 0.1) is 5.92 Å². The second kappa shape index (κ2) is 6.79. The fourth-order valence-electron chi connectivity index (χ4n) is 5.42. The van der Waals surface area contributed by atoms with Gasteiger partial charge in [-0.1, -0.05) is 48.5 Å². The normalized spacial score (nSPS) is 26.2. The van der Waals surface area contributed by atoms with Crippen molar-refractivity contribution in [2.24, 2.45) is 5.92 Å². The van der Waals surface area contributed by atoms with E-state index in [1.807, 2.05) is 48.5 Å². The highest BCUT2D eigenvalue weighted by molar-refractivity contribution is 5.82. The molecule has 6 rings (SSSR count). The number of amides is 1. The maximum atomic E-state index is 14.3. The molecule has 5 nitrogen and oxygen atoms in total. The molecular weight excluding hydrogens is 392 g/mol. The van der Waals surface area contributed by atoms with Crippen LogP contribution in [-0.4, -0.2) is 46.7 Å². The van der Waals surface area contributed by atoms with Crippen LogP contribution < -0.4 is 0 Å². The number of nitrogens with zero attached hydrogens (tertiary/aromatic N) is 1. The van der Waals surface area contributed by atoms with E-state index in [9.17, 15) is 23.5 Å². The number of carbonyl (C=O) groups is 2. The highest BCUT2D eigenvalue weighted by Gasteiger charge is 2.61. The number of carboxylic acid groups (broad SMARTS) is 1. The standard InChI is InChI=1S/C23H21F2NO4/c24-23(25)11-13-9-10-19(23)20(21(27)28)26(13)22(29)30-12-18-16-7-3-1-5-14(16)15-6-2-4-8-17(15)18/h1-8,13,18-20H,9-12H2,(H,27,28)/t13?,19?,20-/m0/s1. The minimum atomic E-state index is -3.08. The Morgan fingerprint density at radius 3 is 2.20 bits per heavy atom. The summed E-state index contributed by atoms with van der Waals surface area (Å²) in [5.74, 6) is -6.03. The van der Waals surface area contributed by atoms with Gasteiger partial charge in [0.25, 0.3) is 5.92 Å². The first-order chi connectivity index (χ1) is 14.4. The molecule has 156 valence electrons. The van der Waals surface area contributed by atoms with Crippen LogP contribution in [0.1, 0.15) is 36.3 Å². The average molecular weight is 413 g/mol. The lowest BCUT2D eigenvalue weighted by Gasteiger charge is -2.52. The zero-order valence-corrected chi connectivity index (χ0v) is 16.1. The molecule has 3 fully saturated rings. The highest BCUT2D eigenvalue weighted by atomic mass is 19.3. The van der Waals surface area contributed by atoms with Crippen molar-refractivity contribution in [2.75, 3.05) is 6.61 Å². The van der Waals surface area contributed by atoms with E-state index < -0.39 is 42.4 Å². The van der Waals surface area contributed by atoms with Crippen LogP contribution in [0.3, 0.4) is 0 Å². The molecule has 7 heteroatoms. The number of aliphatic carboxylic acids is 1. The van der Waals surface area contributed by atoms with Gasteiger partial charge in [0.2, 0.25) is 0 Å². The van der Waals surface area contributed by atoms with E-state index in [0.717, 1.165) is 27.2 Å². The first-order valence-corrected chi connectivity index (χ1v) is 10.1. The number of halogens is 2. The molecule has 1 saturated carbocycles. The molecule has 2 heterocycles. The Labute approximate surface area is 172 Å². The van der Waals surface area contributed by atoms with Crippen molar-refractivity contribution in [3.8, 4) is 11.1 Å². The topological polar surface area (TPSA) is 66.8 Å². The summed E-state index contributed by atoms with van der Waals surface area (Å²) in [5.41, 5.74) is 4.23. The second-order valence-electron chi connectivity index (χ2n) is 8.30. The van der Waals surface area contributed by atoms with E-state index in [1.54, 1.807) is 0 Å². The van der Waals surface area contributed by atoms with Gasteiger partial charge in [0, 0.05) is 18.4 Å². The number of ether oxygens (including phenoxy) is 1. The van der Waals surface area contributed by atoms with Gasteiger partial charge in [0.15, 0.2) is 0 Å². The van der Waals surface area contributed by atoms with Crippen LogP contribution in [0.15, 0.2) is 48.5 Å². The summed E-state index contributed by atoms with van der Waals surface area (Å²) in [5, 5.41) is 9.57. The van der Waals surface area contributed by atoms with Gasteiger partial charge < -0.3 is 9.84 Å². The van der Waals surface area contributed by atoms with Gasteiger partial charge >= 0.3 is 12.1 Å². The van der Waals surface area contributed by atoms with Gasteiger partial charge in [-0.05, 0) is 35.1 Å². The van der Waals surface area contributed by atoms with Gasteiger partial charge in [-0.15, -0.1) is 0 Å². The predicted molar refractivity (Wildman–Crippen MR) is 104 cm³/mol. The maximum Gasteiger partial charge on any atom is 0.410 e. The number of alkyl halides is 2. The van der Waals surface area contributed by atoms with Crippen molar-refractivity contribution in [3.63, 3.8) is 0 Å². The molecule has 2 aromatic rings. The Morgan fingerprint density at radius 2 is 1.63 bits per heavy atom. The molecule has 2 saturated heterocycles. The van der Waals surface area contributed by atoms with Crippen LogP contribution in [0.4, 0.5) is 13.6 Å². The van der Waals surface area contributed by atoms with E-state index in [1.165, 1.54) is 0 Å². The first kappa shape index (κ1) is 19.0. The van der Waals surface area contributed by atoms with Crippen molar-refractivity contribution in [1.29, 1.82) is 0 Å². The molecule has 0 spiro atoms. The monoisotopic (exact) mass is 413 g/mol. The third-order valence-corrected chi connectivity index (χ3v) is 6.74. The number of carbonyl (C=O) groups excluding carboxylic acids is 1.